The highest BCUT2D eigenvalue weighted by Gasteiger charge is 1.98. The monoisotopic (exact) mass is 259 g/mol. The first-order valence-electron chi connectivity index (χ1n) is 5.98. The minimum absolute atomic E-state index is 0.706. The lowest BCUT2D eigenvalue weighted by Crippen LogP contribution is -1.91. The van der Waals surface area contributed by atoms with Crippen LogP contribution in [0.3, 0.4) is 0 Å². The van der Waals surface area contributed by atoms with Gasteiger partial charge in [0.15, 0.2) is 0 Å². The molecule has 0 fully saturated rings. The van der Waals surface area contributed by atoms with E-state index in [9.17, 15) is 0 Å². The quantitative estimate of drug-likeness (QED) is 0.652. The number of rotatable bonds is 5. The van der Waals surface area contributed by atoms with E-state index in [1.54, 1.807) is 11.8 Å². The number of ether oxygens (including phenoxy) is 1. The maximum atomic E-state index is 5.75. The summed E-state index contributed by atoms with van der Waals surface area (Å²) in [6, 6.07) is 16.2. The number of hydrogen-bond acceptors (Lipinski definition) is 3. The van der Waals surface area contributed by atoms with Gasteiger partial charge in [-0.15, -0.1) is 11.8 Å². The Morgan fingerprint density at radius 1 is 1.11 bits per heavy atom. The van der Waals surface area contributed by atoms with Crippen molar-refractivity contribution in [2.75, 3.05) is 12.3 Å². The van der Waals surface area contributed by atoms with Crippen molar-refractivity contribution in [1.29, 1.82) is 0 Å². The fraction of sp³-hybridized carbons (Fsp3) is 0.200. The van der Waals surface area contributed by atoms with E-state index in [-0.39, 0.29) is 0 Å². The SMILES string of the molecule is CCOc1ccc(CSc2cccc(N)c2)cc1. The maximum absolute atomic E-state index is 5.75. The second-order valence-electron chi connectivity index (χ2n) is 3.94. The molecule has 0 heterocycles. The molecule has 0 unspecified atom stereocenters. The molecule has 0 aliphatic heterocycles. The highest BCUT2D eigenvalue weighted by molar-refractivity contribution is 7.98. The van der Waals surface area contributed by atoms with Crippen molar-refractivity contribution >= 4 is 17.4 Å². The lowest BCUT2D eigenvalue weighted by atomic mass is 10.2. The van der Waals surface area contributed by atoms with Crippen LogP contribution in [0.1, 0.15) is 12.5 Å². The molecule has 2 nitrogen and oxygen atoms in total. The molecule has 0 amide bonds. The van der Waals surface area contributed by atoms with Gasteiger partial charge in [0.05, 0.1) is 6.61 Å². The van der Waals surface area contributed by atoms with Gasteiger partial charge in [0.2, 0.25) is 0 Å². The molecule has 0 radical (unpaired) electrons. The summed E-state index contributed by atoms with van der Waals surface area (Å²) in [6.07, 6.45) is 0. The van der Waals surface area contributed by atoms with E-state index in [2.05, 4.69) is 18.2 Å². The van der Waals surface area contributed by atoms with Gasteiger partial charge < -0.3 is 10.5 Å². The third-order valence-electron chi connectivity index (χ3n) is 2.50. The molecule has 2 rings (SSSR count). The average molecular weight is 259 g/mol. The van der Waals surface area contributed by atoms with Crippen molar-refractivity contribution in [3.8, 4) is 5.75 Å². The first-order valence-corrected chi connectivity index (χ1v) is 6.96. The zero-order chi connectivity index (χ0) is 12.8. The van der Waals surface area contributed by atoms with Crippen LogP contribution in [0.15, 0.2) is 53.4 Å². The minimum Gasteiger partial charge on any atom is -0.494 e. The van der Waals surface area contributed by atoms with Crippen LogP contribution in [0.2, 0.25) is 0 Å². The Morgan fingerprint density at radius 2 is 1.89 bits per heavy atom. The van der Waals surface area contributed by atoms with E-state index < -0.39 is 0 Å². The number of anilines is 1. The molecule has 2 N–H and O–H groups in total. The van der Waals surface area contributed by atoms with Crippen LogP contribution in [0.4, 0.5) is 5.69 Å². The lowest BCUT2D eigenvalue weighted by molar-refractivity contribution is 0.340. The topological polar surface area (TPSA) is 35.2 Å². The van der Waals surface area contributed by atoms with Crippen molar-refractivity contribution in [2.24, 2.45) is 0 Å². The number of benzene rings is 2. The number of nitrogen functional groups attached to an aromatic ring is 1. The molecule has 0 aliphatic rings. The van der Waals surface area contributed by atoms with Gasteiger partial charge in [-0.25, -0.2) is 0 Å². The highest BCUT2D eigenvalue weighted by Crippen LogP contribution is 2.25. The summed E-state index contributed by atoms with van der Waals surface area (Å²) in [4.78, 5) is 1.20. The Bertz CT molecular complexity index is 496. The van der Waals surface area contributed by atoms with Gasteiger partial charge >= 0.3 is 0 Å². The van der Waals surface area contributed by atoms with Gasteiger partial charge in [-0.1, -0.05) is 18.2 Å². The van der Waals surface area contributed by atoms with Gasteiger partial charge in [-0.05, 0) is 42.8 Å². The number of hydrogen-bond donors (Lipinski definition) is 1. The smallest absolute Gasteiger partial charge is 0.119 e. The standard InChI is InChI=1S/C15H17NOS/c1-2-17-14-8-6-12(7-9-14)11-18-15-5-3-4-13(16)10-15/h3-10H,2,11,16H2,1H3. The first kappa shape index (κ1) is 12.8. The molecule has 0 bridgehead atoms. The predicted molar refractivity (Wildman–Crippen MR) is 78.0 cm³/mol. The summed E-state index contributed by atoms with van der Waals surface area (Å²) in [5.41, 5.74) is 7.85. The largest absolute Gasteiger partial charge is 0.494 e. The summed E-state index contributed by atoms with van der Waals surface area (Å²) in [5, 5.41) is 0. The summed E-state index contributed by atoms with van der Waals surface area (Å²) in [6.45, 7) is 2.70. The molecule has 18 heavy (non-hydrogen) atoms. The molecule has 94 valence electrons. The second kappa shape index (κ2) is 6.36. The summed E-state index contributed by atoms with van der Waals surface area (Å²) >= 11 is 1.79. The molecule has 0 aromatic heterocycles. The normalized spacial score (nSPS) is 10.3. The molecular formula is C15H17NOS. The van der Waals surface area contributed by atoms with Crippen LogP contribution in [-0.2, 0) is 5.75 Å². The Kier molecular flexibility index (Phi) is 4.53. The lowest BCUT2D eigenvalue weighted by Gasteiger charge is -2.05. The maximum Gasteiger partial charge on any atom is 0.119 e. The minimum atomic E-state index is 0.706. The summed E-state index contributed by atoms with van der Waals surface area (Å²) in [5.74, 6) is 1.87. The third-order valence-corrected chi connectivity index (χ3v) is 3.56. The molecule has 2 aromatic carbocycles. The van der Waals surface area contributed by atoms with Crippen LogP contribution in [0.25, 0.3) is 0 Å². The van der Waals surface area contributed by atoms with Gasteiger partial charge in [0.25, 0.3) is 0 Å². The molecule has 0 spiro atoms. The Labute approximate surface area is 112 Å². The van der Waals surface area contributed by atoms with E-state index in [0.717, 1.165) is 17.2 Å². The Balaban J connectivity index is 1.93. The Morgan fingerprint density at radius 3 is 2.56 bits per heavy atom. The van der Waals surface area contributed by atoms with E-state index in [4.69, 9.17) is 10.5 Å². The highest BCUT2D eigenvalue weighted by atomic mass is 32.2. The van der Waals surface area contributed by atoms with Crippen LogP contribution in [-0.4, -0.2) is 6.61 Å². The zero-order valence-electron chi connectivity index (χ0n) is 10.4. The number of nitrogens with two attached hydrogens (primary N) is 1. The van der Waals surface area contributed by atoms with Crippen molar-refractivity contribution in [1.82, 2.24) is 0 Å². The zero-order valence-corrected chi connectivity index (χ0v) is 11.2. The van der Waals surface area contributed by atoms with Crippen molar-refractivity contribution in [2.45, 2.75) is 17.6 Å². The van der Waals surface area contributed by atoms with Gasteiger partial charge in [-0.2, -0.15) is 0 Å². The molecule has 0 saturated heterocycles. The molecule has 3 heteroatoms. The van der Waals surface area contributed by atoms with Crippen LogP contribution >= 0.6 is 11.8 Å². The third kappa shape index (κ3) is 3.70. The molecule has 0 atom stereocenters. The predicted octanol–water partition coefficient (Wildman–Crippen LogP) is 3.96. The second-order valence-corrected chi connectivity index (χ2v) is 4.99. The van der Waals surface area contributed by atoms with E-state index >= 15 is 0 Å². The van der Waals surface area contributed by atoms with Crippen molar-refractivity contribution < 1.29 is 4.74 Å². The van der Waals surface area contributed by atoms with Gasteiger partial charge in [0.1, 0.15) is 5.75 Å². The summed E-state index contributed by atoms with van der Waals surface area (Å²) in [7, 11) is 0. The van der Waals surface area contributed by atoms with Crippen LogP contribution in [0, 0.1) is 0 Å². The first-order chi connectivity index (χ1) is 8.78. The molecule has 0 saturated carbocycles. The summed E-state index contributed by atoms with van der Waals surface area (Å²) < 4.78 is 5.42. The fourth-order valence-electron chi connectivity index (χ4n) is 1.62. The average Bonchev–Trinajstić information content (AvgIpc) is 2.38. The number of thioether (sulfide) groups is 1. The van der Waals surface area contributed by atoms with E-state index in [0.29, 0.717) is 6.61 Å². The molecule has 2 aromatic rings. The molecular weight excluding hydrogens is 242 g/mol. The van der Waals surface area contributed by atoms with Gasteiger partial charge in [0, 0.05) is 16.3 Å². The van der Waals surface area contributed by atoms with Crippen molar-refractivity contribution in [3.63, 3.8) is 0 Å². The van der Waals surface area contributed by atoms with E-state index in [1.165, 1.54) is 10.5 Å². The van der Waals surface area contributed by atoms with Crippen molar-refractivity contribution in [3.05, 3.63) is 54.1 Å². The Hall–Kier alpha value is -1.61. The molecule has 0 aliphatic carbocycles. The van der Waals surface area contributed by atoms with Crippen LogP contribution in [0.5, 0.6) is 5.75 Å². The van der Waals surface area contributed by atoms with Gasteiger partial charge in [-0.3, -0.25) is 0 Å². The van der Waals surface area contributed by atoms with Crippen LogP contribution < -0.4 is 10.5 Å². The fourth-order valence-corrected chi connectivity index (χ4v) is 2.54. The van der Waals surface area contributed by atoms with E-state index in [1.807, 2.05) is 37.3 Å².